The number of amides is 1. The van der Waals surface area contributed by atoms with Crippen LogP contribution in [0.5, 0.6) is 0 Å². The fraction of sp³-hybridized carbons (Fsp3) is 0.909. The van der Waals surface area contributed by atoms with Gasteiger partial charge in [-0.2, -0.15) is 0 Å². The van der Waals surface area contributed by atoms with E-state index in [0.29, 0.717) is 19.0 Å². The van der Waals surface area contributed by atoms with Crippen LogP contribution < -0.4 is 5.73 Å². The van der Waals surface area contributed by atoms with Crippen LogP contribution in [0.25, 0.3) is 0 Å². The molecule has 0 bridgehead atoms. The first-order chi connectivity index (χ1) is 6.96. The van der Waals surface area contributed by atoms with Crippen molar-refractivity contribution in [3.05, 3.63) is 0 Å². The first-order valence-corrected chi connectivity index (χ1v) is 5.67. The maximum atomic E-state index is 12.0. The monoisotopic (exact) mass is 214 g/mol. The van der Waals surface area contributed by atoms with Gasteiger partial charge in [0, 0.05) is 19.2 Å². The summed E-state index contributed by atoms with van der Waals surface area (Å²) >= 11 is 0. The van der Waals surface area contributed by atoms with Crippen molar-refractivity contribution in [3.63, 3.8) is 0 Å². The summed E-state index contributed by atoms with van der Waals surface area (Å²) in [6.07, 6.45) is 3.98. The Morgan fingerprint density at radius 2 is 2.13 bits per heavy atom. The van der Waals surface area contributed by atoms with Crippen molar-refractivity contribution in [2.24, 2.45) is 5.73 Å². The van der Waals surface area contributed by atoms with Gasteiger partial charge in [-0.3, -0.25) is 4.79 Å². The molecule has 0 aromatic rings. The molecule has 0 radical (unpaired) electrons. The molecule has 88 valence electrons. The Hall–Kier alpha value is -0.610. The van der Waals surface area contributed by atoms with Gasteiger partial charge in [-0.1, -0.05) is 0 Å². The van der Waals surface area contributed by atoms with Crippen LogP contribution in [0.15, 0.2) is 0 Å². The van der Waals surface area contributed by atoms with E-state index >= 15 is 0 Å². The predicted octanol–water partition coefficient (Wildman–Crippen LogP) is 0.487. The summed E-state index contributed by atoms with van der Waals surface area (Å²) in [5.74, 6) is 0.000602. The molecular formula is C11H22N2O2. The highest BCUT2D eigenvalue weighted by Crippen LogP contribution is 2.26. The van der Waals surface area contributed by atoms with Crippen molar-refractivity contribution in [3.8, 4) is 0 Å². The normalized spacial score (nSPS) is 17.3. The number of nitrogens with zero attached hydrogens (tertiary/aromatic N) is 1. The largest absolute Gasteiger partial charge is 0.396 e. The number of carbonyl (C=O) groups is 1. The summed E-state index contributed by atoms with van der Waals surface area (Å²) in [4.78, 5) is 13.9. The third-order valence-corrected chi connectivity index (χ3v) is 2.88. The Bertz CT molecular complexity index is 219. The van der Waals surface area contributed by atoms with Gasteiger partial charge in [0.25, 0.3) is 0 Å². The van der Waals surface area contributed by atoms with E-state index in [-0.39, 0.29) is 12.5 Å². The third-order valence-electron chi connectivity index (χ3n) is 2.88. The second-order valence-corrected chi connectivity index (χ2v) is 4.88. The van der Waals surface area contributed by atoms with Gasteiger partial charge in [0.05, 0.1) is 5.54 Å². The zero-order valence-corrected chi connectivity index (χ0v) is 9.70. The Morgan fingerprint density at radius 1 is 1.53 bits per heavy atom. The van der Waals surface area contributed by atoms with Gasteiger partial charge < -0.3 is 15.7 Å². The van der Waals surface area contributed by atoms with E-state index in [1.165, 1.54) is 6.42 Å². The smallest absolute Gasteiger partial charge is 0.242 e. The summed E-state index contributed by atoms with van der Waals surface area (Å²) < 4.78 is 0. The van der Waals surface area contributed by atoms with Crippen LogP contribution in [0.1, 0.15) is 39.5 Å². The SMILES string of the molecule is CC(C)(N)C(=O)N(CCCO)C1CCC1. The van der Waals surface area contributed by atoms with Crippen LogP contribution in [-0.4, -0.2) is 40.6 Å². The maximum absolute atomic E-state index is 12.0. The lowest BCUT2D eigenvalue weighted by Crippen LogP contribution is -2.56. The number of aliphatic hydroxyl groups is 1. The first kappa shape index (κ1) is 12.5. The van der Waals surface area contributed by atoms with Crippen molar-refractivity contribution in [1.82, 2.24) is 4.90 Å². The Labute approximate surface area is 91.4 Å². The Kier molecular flexibility index (Phi) is 4.11. The fourth-order valence-electron chi connectivity index (χ4n) is 1.76. The van der Waals surface area contributed by atoms with Gasteiger partial charge in [-0.15, -0.1) is 0 Å². The van der Waals surface area contributed by atoms with E-state index in [9.17, 15) is 4.79 Å². The number of hydrogen-bond donors (Lipinski definition) is 2. The van der Waals surface area contributed by atoms with Crippen LogP contribution in [0, 0.1) is 0 Å². The van der Waals surface area contributed by atoms with Gasteiger partial charge in [0.2, 0.25) is 5.91 Å². The number of hydrogen-bond acceptors (Lipinski definition) is 3. The van der Waals surface area contributed by atoms with Crippen LogP contribution in [0.3, 0.4) is 0 Å². The van der Waals surface area contributed by atoms with Crippen molar-refractivity contribution < 1.29 is 9.90 Å². The standard InChI is InChI=1S/C11H22N2O2/c1-11(2,12)10(15)13(7-4-8-14)9-5-3-6-9/h9,14H,3-8,12H2,1-2H3. The Balaban J connectivity index is 2.58. The average Bonchev–Trinajstić information content (AvgIpc) is 2.06. The van der Waals surface area contributed by atoms with E-state index in [0.717, 1.165) is 12.8 Å². The molecule has 0 aromatic carbocycles. The second-order valence-electron chi connectivity index (χ2n) is 4.88. The Morgan fingerprint density at radius 3 is 2.47 bits per heavy atom. The molecule has 0 unspecified atom stereocenters. The molecule has 0 saturated heterocycles. The zero-order valence-electron chi connectivity index (χ0n) is 9.70. The van der Waals surface area contributed by atoms with Gasteiger partial charge in [-0.05, 0) is 39.5 Å². The number of carbonyl (C=O) groups excluding carboxylic acids is 1. The van der Waals surface area contributed by atoms with E-state index in [4.69, 9.17) is 10.8 Å². The highest BCUT2D eigenvalue weighted by atomic mass is 16.3. The van der Waals surface area contributed by atoms with E-state index < -0.39 is 5.54 Å². The summed E-state index contributed by atoms with van der Waals surface area (Å²) in [6.45, 7) is 4.22. The van der Waals surface area contributed by atoms with Crippen LogP contribution in [-0.2, 0) is 4.79 Å². The minimum atomic E-state index is -0.801. The molecule has 4 nitrogen and oxygen atoms in total. The summed E-state index contributed by atoms with van der Waals surface area (Å²) in [6, 6.07) is 0.354. The summed E-state index contributed by atoms with van der Waals surface area (Å²) in [7, 11) is 0. The number of rotatable bonds is 5. The third kappa shape index (κ3) is 3.18. The molecule has 1 aliphatic rings. The van der Waals surface area contributed by atoms with E-state index in [2.05, 4.69) is 0 Å². The van der Waals surface area contributed by atoms with Crippen molar-refractivity contribution in [2.45, 2.75) is 51.1 Å². The molecule has 0 aromatic heterocycles. The minimum absolute atomic E-state index is 0.000602. The highest BCUT2D eigenvalue weighted by Gasteiger charge is 2.34. The van der Waals surface area contributed by atoms with E-state index in [1.807, 2.05) is 4.90 Å². The maximum Gasteiger partial charge on any atom is 0.242 e. The van der Waals surface area contributed by atoms with Gasteiger partial charge >= 0.3 is 0 Å². The summed E-state index contributed by atoms with van der Waals surface area (Å²) in [5.41, 5.74) is 5.01. The van der Waals surface area contributed by atoms with Gasteiger partial charge in [-0.25, -0.2) is 0 Å². The molecule has 1 fully saturated rings. The van der Waals surface area contributed by atoms with Crippen LogP contribution >= 0.6 is 0 Å². The van der Waals surface area contributed by atoms with Crippen molar-refractivity contribution in [2.75, 3.05) is 13.2 Å². The molecule has 0 atom stereocenters. The second kappa shape index (κ2) is 4.94. The van der Waals surface area contributed by atoms with Crippen molar-refractivity contribution >= 4 is 5.91 Å². The first-order valence-electron chi connectivity index (χ1n) is 5.67. The molecule has 1 amide bonds. The average molecular weight is 214 g/mol. The number of nitrogens with two attached hydrogens (primary N) is 1. The molecule has 0 spiro atoms. The molecule has 15 heavy (non-hydrogen) atoms. The molecular weight excluding hydrogens is 192 g/mol. The highest BCUT2D eigenvalue weighted by molar-refractivity contribution is 5.85. The summed E-state index contributed by atoms with van der Waals surface area (Å²) in [5, 5.41) is 8.80. The zero-order chi connectivity index (χ0) is 11.5. The lowest BCUT2D eigenvalue weighted by Gasteiger charge is -2.40. The van der Waals surface area contributed by atoms with Gasteiger partial charge in [0.15, 0.2) is 0 Å². The predicted molar refractivity (Wildman–Crippen MR) is 59.3 cm³/mol. The molecule has 0 aliphatic heterocycles. The minimum Gasteiger partial charge on any atom is -0.396 e. The van der Waals surface area contributed by atoms with Crippen LogP contribution in [0.2, 0.25) is 0 Å². The molecule has 4 heteroatoms. The number of aliphatic hydroxyl groups excluding tert-OH is 1. The molecule has 3 N–H and O–H groups in total. The molecule has 1 rings (SSSR count). The van der Waals surface area contributed by atoms with Crippen LogP contribution in [0.4, 0.5) is 0 Å². The van der Waals surface area contributed by atoms with Crippen molar-refractivity contribution in [1.29, 1.82) is 0 Å². The molecule has 1 saturated carbocycles. The molecule has 1 aliphatic carbocycles. The lowest BCUT2D eigenvalue weighted by atomic mass is 9.89. The molecule has 0 heterocycles. The topological polar surface area (TPSA) is 66.6 Å². The fourth-order valence-corrected chi connectivity index (χ4v) is 1.76. The lowest BCUT2D eigenvalue weighted by molar-refractivity contribution is -0.140. The quantitative estimate of drug-likeness (QED) is 0.700. The van der Waals surface area contributed by atoms with Gasteiger partial charge in [0.1, 0.15) is 0 Å². The van der Waals surface area contributed by atoms with E-state index in [1.54, 1.807) is 13.8 Å².